The number of hydrogen-bond acceptors (Lipinski definition) is 0. The second kappa shape index (κ2) is 13.2. The van der Waals surface area contributed by atoms with Crippen molar-refractivity contribution in [1.82, 2.24) is 0 Å². The Morgan fingerprint density at radius 1 is 0.417 bits per heavy atom. The van der Waals surface area contributed by atoms with Gasteiger partial charge in [-0.15, -0.1) is 0 Å². The van der Waals surface area contributed by atoms with Gasteiger partial charge >= 0.3 is 0 Å². The minimum absolute atomic E-state index is 0. The van der Waals surface area contributed by atoms with Crippen LogP contribution in [0.15, 0.2) is 0 Å². The smallest absolute Gasteiger partial charge is 0.0386 e. The third-order valence-electron chi connectivity index (χ3n) is 7.19. The van der Waals surface area contributed by atoms with Gasteiger partial charge < -0.3 is 0 Å². The maximum atomic E-state index is 2.37. The summed E-state index contributed by atoms with van der Waals surface area (Å²) in [5.41, 5.74) is 0. The van der Waals surface area contributed by atoms with Crippen molar-refractivity contribution in [1.29, 1.82) is 0 Å². The lowest BCUT2D eigenvalue weighted by Crippen LogP contribution is -2.29. The Morgan fingerprint density at radius 3 is 0.750 bits per heavy atom. The Morgan fingerprint density at radius 2 is 0.667 bits per heavy atom. The van der Waals surface area contributed by atoms with E-state index in [1.54, 1.807) is 0 Å². The zero-order valence-electron chi connectivity index (χ0n) is 16.2. The Balaban J connectivity index is -0.000000261. The van der Waals surface area contributed by atoms with Gasteiger partial charge in [-0.2, -0.15) is 0 Å². The Labute approximate surface area is 157 Å². The van der Waals surface area contributed by atoms with E-state index < -0.39 is 0 Å². The van der Waals surface area contributed by atoms with Gasteiger partial charge in [0.2, 0.25) is 0 Å². The fourth-order valence-corrected chi connectivity index (χ4v) is 3.72. The summed E-state index contributed by atoms with van der Waals surface area (Å²) in [6.07, 6.45) is 7.35. The van der Waals surface area contributed by atoms with Crippen molar-refractivity contribution < 1.29 is 0 Å². The zero-order valence-corrected chi connectivity index (χ0v) is 16.2. The Kier molecular flexibility index (Phi) is 15.9. The molecule has 0 saturated heterocycles. The molecule has 0 aromatic heterocycles. The van der Waals surface area contributed by atoms with E-state index in [1.165, 1.54) is 32.1 Å². The van der Waals surface area contributed by atoms with E-state index in [0.717, 1.165) is 47.3 Å². The summed E-state index contributed by atoms with van der Waals surface area (Å²) in [5, 5.41) is 0. The second-order valence-electron chi connectivity index (χ2n) is 8.99. The molecule has 24 heavy (non-hydrogen) atoms. The van der Waals surface area contributed by atoms with Crippen molar-refractivity contribution in [2.24, 2.45) is 47.3 Å². The first-order valence-corrected chi connectivity index (χ1v) is 9.73. The van der Waals surface area contributed by atoms with Crippen molar-refractivity contribution in [2.75, 3.05) is 0 Å². The lowest BCUT2D eigenvalue weighted by molar-refractivity contribution is 0.120. The topological polar surface area (TPSA) is 0 Å². The molecule has 0 radical (unpaired) electrons. The molecule has 150 valence electrons. The summed E-state index contributed by atoms with van der Waals surface area (Å²) in [6, 6.07) is 0. The minimum Gasteiger partial charge on any atom is -0.0776 e. The molecule has 0 nitrogen and oxygen atoms in total. The van der Waals surface area contributed by atoms with Crippen LogP contribution in [0.25, 0.3) is 0 Å². The van der Waals surface area contributed by atoms with Crippen LogP contribution >= 0.6 is 0 Å². The Hall–Kier alpha value is 0. The van der Waals surface area contributed by atoms with E-state index in [0.29, 0.717) is 0 Å². The maximum absolute atomic E-state index is 2.37. The Bertz CT molecular complexity index is 235. The zero-order chi connectivity index (χ0) is 16.2. The largest absolute Gasteiger partial charge is 0.0776 e. The number of hydrogen-bond donors (Lipinski definition) is 0. The van der Waals surface area contributed by atoms with E-state index in [9.17, 15) is 0 Å². The first-order valence-electron chi connectivity index (χ1n) is 9.73. The van der Waals surface area contributed by atoms with Crippen LogP contribution < -0.4 is 0 Å². The van der Waals surface area contributed by atoms with Gasteiger partial charge in [0, 0.05) is 0 Å². The van der Waals surface area contributed by atoms with Gasteiger partial charge in [0.25, 0.3) is 0 Å². The van der Waals surface area contributed by atoms with Crippen LogP contribution in [-0.4, -0.2) is 0 Å². The van der Waals surface area contributed by atoms with Crippen LogP contribution in [0.1, 0.15) is 110 Å². The molecule has 3 saturated carbocycles. The van der Waals surface area contributed by atoms with Gasteiger partial charge in [0.05, 0.1) is 0 Å². The van der Waals surface area contributed by atoms with Crippen LogP contribution in [0.3, 0.4) is 0 Å². The third-order valence-corrected chi connectivity index (χ3v) is 7.19. The molecule has 0 amide bonds. The SMILES string of the molecule is C.C.C.CC1C(C)C1C.CC1CC(C)C1C.CC1CCC(C)CC1. The molecule has 0 aliphatic heterocycles. The van der Waals surface area contributed by atoms with E-state index in [2.05, 4.69) is 55.4 Å². The van der Waals surface area contributed by atoms with Gasteiger partial charge in [-0.05, 0) is 53.8 Å². The van der Waals surface area contributed by atoms with E-state index >= 15 is 0 Å². The van der Waals surface area contributed by atoms with Crippen LogP contribution in [0.2, 0.25) is 0 Å². The first-order chi connectivity index (χ1) is 9.73. The normalized spacial score (nSPS) is 42.0. The molecule has 0 heteroatoms. The lowest BCUT2D eigenvalue weighted by atomic mass is 9.68. The summed E-state index contributed by atoms with van der Waals surface area (Å²) in [6.45, 7) is 18.7. The van der Waals surface area contributed by atoms with Crippen molar-refractivity contribution in [3.63, 3.8) is 0 Å². The molecule has 2 unspecified atom stereocenters. The fourth-order valence-electron chi connectivity index (χ4n) is 3.72. The van der Waals surface area contributed by atoms with Crippen LogP contribution in [0.4, 0.5) is 0 Å². The molecule has 3 aliphatic carbocycles. The lowest BCUT2D eigenvalue weighted by Gasteiger charge is -2.38. The molecular formula is C24H54. The summed E-state index contributed by atoms with van der Waals surface area (Å²) in [7, 11) is 0. The summed E-state index contributed by atoms with van der Waals surface area (Å²) in [5.74, 6) is 8.11. The quantitative estimate of drug-likeness (QED) is 0.412. The first kappa shape index (κ1) is 28.8. The molecule has 0 bridgehead atoms. The highest BCUT2D eigenvalue weighted by Crippen LogP contribution is 2.44. The predicted octanol–water partition coefficient (Wildman–Crippen LogP) is 8.95. The number of rotatable bonds is 0. The minimum atomic E-state index is 0. The third kappa shape index (κ3) is 9.47. The molecule has 0 aromatic carbocycles. The summed E-state index contributed by atoms with van der Waals surface area (Å²) >= 11 is 0. The predicted molar refractivity (Wildman–Crippen MR) is 117 cm³/mol. The van der Waals surface area contributed by atoms with Crippen LogP contribution in [0, 0.1) is 47.3 Å². The average molecular weight is 343 g/mol. The molecular weight excluding hydrogens is 288 g/mol. The molecule has 0 heterocycles. The standard InChI is InChI=1S/C8H16.C7H14.C6H12.3CH4/c1-7-3-5-8(2)6-4-7;1-5-4-6(2)7(5)3;1-4-5(2)6(4)3;;;/h7-8H,3-6H2,1-2H3;5-7H,4H2,1-3H3;4-6H,1-3H3;3*1H4. The van der Waals surface area contributed by atoms with Gasteiger partial charge in [-0.25, -0.2) is 0 Å². The molecule has 2 atom stereocenters. The van der Waals surface area contributed by atoms with Crippen LogP contribution in [-0.2, 0) is 0 Å². The van der Waals surface area contributed by atoms with Gasteiger partial charge in [0.1, 0.15) is 0 Å². The van der Waals surface area contributed by atoms with Crippen molar-refractivity contribution in [2.45, 2.75) is 110 Å². The van der Waals surface area contributed by atoms with E-state index in [-0.39, 0.29) is 22.3 Å². The van der Waals surface area contributed by atoms with Gasteiger partial charge in [0.15, 0.2) is 0 Å². The summed E-state index contributed by atoms with van der Waals surface area (Å²) < 4.78 is 0. The van der Waals surface area contributed by atoms with Crippen molar-refractivity contribution >= 4 is 0 Å². The summed E-state index contributed by atoms with van der Waals surface area (Å²) in [4.78, 5) is 0. The highest BCUT2D eigenvalue weighted by atomic mass is 14.4. The highest BCUT2D eigenvalue weighted by Gasteiger charge is 2.37. The van der Waals surface area contributed by atoms with Gasteiger partial charge in [-0.1, -0.05) is 103 Å². The van der Waals surface area contributed by atoms with Crippen molar-refractivity contribution in [3.8, 4) is 0 Å². The monoisotopic (exact) mass is 342 g/mol. The van der Waals surface area contributed by atoms with Crippen molar-refractivity contribution in [3.05, 3.63) is 0 Å². The van der Waals surface area contributed by atoms with Crippen LogP contribution in [0.5, 0.6) is 0 Å². The second-order valence-corrected chi connectivity index (χ2v) is 8.99. The molecule has 3 fully saturated rings. The molecule has 0 spiro atoms. The maximum Gasteiger partial charge on any atom is -0.0386 e. The molecule has 3 rings (SSSR count). The van der Waals surface area contributed by atoms with Gasteiger partial charge in [-0.3, -0.25) is 0 Å². The average Bonchev–Trinajstić information content (AvgIpc) is 3.00. The highest BCUT2D eigenvalue weighted by molar-refractivity contribution is 4.86. The van der Waals surface area contributed by atoms with E-state index in [4.69, 9.17) is 0 Å². The molecule has 0 aromatic rings. The molecule has 0 N–H and O–H groups in total. The molecule has 3 aliphatic rings. The fraction of sp³-hybridized carbons (Fsp3) is 1.00. The van der Waals surface area contributed by atoms with E-state index in [1.807, 2.05) is 0 Å².